The van der Waals surface area contributed by atoms with Crippen molar-refractivity contribution >= 4 is 5.69 Å². The van der Waals surface area contributed by atoms with Crippen LogP contribution in [0.2, 0.25) is 0 Å². The Morgan fingerprint density at radius 2 is 2.06 bits per heavy atom. The number of anilines is 1. The summed E-state index contributed by atoms with van der Waals surface area (Å²) < 4.78 is 5.88. The molecule has 3 rings (SSSR count). The summed E-state index contributed by atoms with van der Waals surface area (Å²) in [4.78, 5) is 2.39. The third-order valence-corrected chi connectivity index (χ3v) is 4.07. The highest BCUT2D eigenvalue weighted by Gasteiger charge is 2.34. The Morgan fingerprint density at radius 1 is 1.22 bits per heavy atom. The van der Waals surface area contributed by atoms with E-state index in [9.17, 15) is 5.26 Å². The molecule has 3 nitrogen and oxygen atoms in total. The highest BCUT2D eigenvalue weighted by molar-refractivity contribution is 5.60. The maximum Gasteiger partial charge on any atom is 0.101 e. The van der Waals surface area contributed by atoms with Crippen molar-refractivity contribution < 1.29 is 4.74 Å². The fourth-order valence-corrected chi connectivity index (χ4v) is 3.21. The molecule has 94 valence electrons. The first-order valence-corrected chi connectivity index (χ1v) is 6.77. The number of morpholine rings is 1. The minimum absolute atomic E-state index is 0.360. The van der Waals surface area contributed by atoms with Crippen molar-refractivity contribution in [1.82, 2.24) is 0 Å². The SMILES string of the molecule is N#Cc1ccccc1N1CCOC2CCCCC21. The predicted octanol–water partition coefficient (Wildman–Crippen LogP) is 2.71. The second-order valence-electron chi connectivity index (χ2n) is 5.08. The van der Waals surface area contributed by atoms with Crippen LogP contribution in [0.5, 0.6) is 0 Å². The number of benzene rings is 1. The minimum Gasteiger partial charge on any atom is -0.374 e. The van der Waals surface area contributed by atoms with Gasteiger partial charge in [0.2, 0.25) is 0 Å². The molecule has 1 saturated heterocycles. The molecule has 1 aromatic rings. The van der Waals surface area contributed by atoms with Crippen molar-refractivity contribution in [3.8, 4) is 6.07 Å². The summed E-state index contributed by atoms with van der Waals surface area (Å²) in [6, 6.07) is 10.7. The molecule has 0 N–H and O–H groups in total. The van der Waals surface area contributed by atoms with E-state index < -0.39 is 0 Å². The van der Waals surface area contributed by atoms with Gasteiger partial charge in [-0.25, -0.2) is 0 Å². The summed E-state index contributed by atoms with van der Waals surface area (Å²) in [6.07, 6.45) is 5.25. The van der Waals surface area contributed by atoms with Crippen LogP contribution in [0.15, 0.2) is 24.3 Å². The second-order valence-corrected chi connectivity index (χ2v) is 5.08. The highest BCUT2D eigenvalue weighted by atomic mass is 16.5. The van der Waals surface area contributed by atoms with Gasteiger partial charge in [-0.3, -0.25) is 0 Å². The molecule has 0 radical (unpaired) electrons. The van der Waals surface area contributed by atoms with Gasteiger partial charge in [0.25, 0.3) is 0 Å². The Hall–Kier alpha value is -1.53. The largest absolute Gasteiger partial charge is 0.374 e. The van der Waals surface area contributed by atoms with Crippen molar-refractivity contribution in [2.45, 2.75) is 37.8 Å². The van der Waals surface area contributed by atoms with E-state index in [4.69, 9.17) is 4.74 Å². The Bertz CT molecular complexity index is 464. The number of nitriles is 1. The Balaban J connectivity index is 1.92. The standard InChI is InChI=1S/C15H18N2O/c16-11-12-5-1-2-6-13(12)17-9-10-18-15-8-4-3-7-14(15)17/h1-2,5-6,14-15H,3-4,7-10H2. The van der Waals surface area contributed by atoms with Gasteiger partial charge in [-0.1, -0.05) is 25.0 Å². The number of hydrogen-bond acceptors (Lipinski definition) is 3. The average Bonchev–Trinajstić information content (AvgIpc) is 2.46. The number of fused-ring (bicyclic) bond motifs is 1. The van der Waals surface area contributed by atoms with Crippen LogP contribution >= 0.6 is 0 Å². The first-order chi connectivity index (χ1) is 8.90. The van der Waals surface area contributed by atoms with Crippen molar-refractivity contribution in [3.63, 3.8) is 0 Å². The summed E-state index contributed by atoms with van der Waals surface area (Å²) >= 11 is 0. The van der Waals surface area contributed by atoms with E-state index in [0.29, 0.717) is 12.1 Å². The Labute approximate surface area is 108 Å². The number of nitrogens with zero attached hydrogens (tertiary/aromatic N) is 2. The molecule has 2 aliphatic rings. The van der Waals surface area contributed by atoms with E-state index in [-0.39, 0.29) is 0 Å². The monoisotopic (exact) mass is 242 g/mol. The van der Waals surface area contributed by atoms with E-state index in [2.05, 4.69) is 17.0 Å². The van der Waals surface area contributed by atoms with Gasteiger partial charge in [-0.2, -0.15) is 5.26 Å². The lowest BCUT2D eigenvalue weighted by Crippen LogP contribution is -2.53. The molecule has 18 heavy (non-hydrogen) atoms. The first-order valence-electron chi connectivity index (χ1n) is 6.77. The molecule has 1 aromatic carbocycles. The maximum atomic E-state index is 9.24. The molecule has 3 heteroatoms. The predicted molar refractivity (Wildman–Crippen MR) is 70.5 cm³/mol. The van der Waals surface area contributed by atoms with E-state index in [1.165, 1.54) is 19.3 Å². The van der Waals surface area contributed by atoms with Gasteiger partial charge in [0.1, 0.15) is 6.07 Å². The molecule has 1 aliphatic heterocycles. The Kier molecular flexibility index (Phi) is 3.21. The summed E-state index contributed by atoms with van der Waals surface area (Å²) in [5.74, 6) is 0. The molecule has 0 aromatic heterocycles. The first kappa shape index (κ1) is 11.6. The normalized spacial score (nSPS) is 27.4. The number of rotatable bonds is 1. The van der Waals surface area contributed by atoms with Crippen LogP contribution in [0, 0.1) is 11.3 Å². The van der Waals surface area contributed by atoms with Gasteiger partial charge in [0.05, 0.1) is 30.0 Å². The van der Waals surface area contributed by atoms with Crippen LogP contribution in [0.1, 0.15) is 31.2 Å². The fraction of sp³-hybridized carbons (Fsp3) is 0.533. The highest BCUT2D eigenvalue weighted by Crippen LogP contribution is 2.33. The van der Waals surface area contributed by atoms with Crippen LogP contribution in [-0.2, 0) is 4.74 Å². The van der Waals surface area contributed by atoms with Gasteiger partial charge in [0.15, 0.2) is 0 Å². The molecular formula is C15H18N2O. The molecular weight excluding hydrogens is 224 g/mol. The summed E-state index contributed by atoms with van der Waals surface area (Å²) in [7, 11) is 0. The van der Waals surface area contributed by atoms with Crippen LogP contribution < -0.4 is 4.90 Å². The van der Waals surface area contributed by atoms with Gasteiger partial charge >= 0.3 is 0 Å². The number of para-hydroxylation sites is 1. The second kappa shape index (κ2) is 4.99. The van der Waals surface area contributed by atoms with Gasteiger partial charge in [-0.15, -0.1) is 0 Å². The molecule has 0 amide bonds. The molecule has 2 fully saturated rings. The zero-order chi connectivity index (χ0) is 12.4. The average molecular weight is 242 g/mol. The third kappa shape index (κ3) is 1.97. The third-order valence-electron chi connectivity index (χ3n) is 4.07. The van der Waals surface area contributed by atoms with E-state index >= 15 is 0 Å². The molecule has 1 aliphatic carbocycles. The molecule has 1 heterocycles. The summed E-state index contributed by atoms with van der Waals surface area (Å²) in [5, 5.41) is 9.24. The molecule has 1 saturated carbocycles. The van der Waals surface area contributed by atoms with E-state index in [1.54, 1.807) is 0 Å². The van der Waals surface area contributed by atoms with E-state index in [0.717, 1.165) is 30.8 Å². The lowest BCUT2D eigenvalue weighted by Gasteiger charge is -2.45. The summed E-state index contributed by atoms with van der Waals surface area (Å²) in [5.41, 5.74) is 1.86. The quantitative estimate of drug-likeness (QED) is 0.759. The molecule has 2 atom stereocenters. The zero-order valence-corrected chi connectivity index (χ0v) is 10.5. The fourth-order valence-electron chi connectivity index (χ4n) is 3.21. The van der Waals surface area contributed by atoms with Crippen molar-refractivity contribution in [3.05, 3.63) is 29.8 Å². The van der Waals surface area contributed by atoms with Gasteiger partial charge in [0, 0.05) is 6.54 Å². The Morgan fingerprint density at radius 3 is 2.94 bits per heavy atom. The smallest absolute Gasteiger partial charge is 0.101 e. The van der Waals surface area contributed by atoms with Crippen LogP contribution in [0.25, 0.3) is 0 Å². The maximum absolute atomic E-state index is 9.24. The number of hydrogen-bond donors (Lipinski definition) is 0. The molecule has 0 spiro atoms. The van der Waals surface area contributed by atoms with Crippen LogP contribution in [0.3, 0.4) is 0 Å². The van der Waals surface area contributed by atoms with Gasteiger partial charge < -0.3 is 9.64 Å². The van der Waals surface area contributed by atoms with Gasteiger partial charge in [-0.05, 0) is 25.0 Å². The summed E-state index contributed by atoms with van der Waals surface area (Å²) in [6.45, 7) is 1.68. The molecule has 0 bridgehead atoms. The van der Waals surface area contributed by atoms with Crippen molar-refractivity contribution in [2.24, 2.45) is 0 Å². The van der Waals surface area contributed by atoms with E-state index in [1.807, 2.05) is 18.2 Å². The number of ether oxygens (including phenoxy) is 1. The lowest BCUT2D eigenvalue weighted by molar-refractivity contribution is -0.00869. The lowest BCUT2D eigenvalue weighted by atomic mass is 9.89. The molecule has 2 unspecified atom stereocenters. The topological polar surface area (TPSA) is 36.3 Å². The minimum atomic E-state index is 0.360. The van der Waals surface area contributed by atoms with Crippen LogP contribution in [0.4, 0.5) is 5.69 Å². The van der Waals surface area contributed by atoms with Crippen LogP contribution in [-0.4, -0.2) is 25.3 Å². The van der Waals surface area contributed by atoms with Crippen molar-refractivity contribution in [1.29, 1.82) is 5.26 Å². The zero-order valence-electron chi connectivity index (χ0n) is 10.5. The van der Waals surface area contributed by atoms with Crippen molar-refractivity contribution in [2.75, 3.05) is 18.1 Å².